The number of nitrogens with one attached hydrogen (secondary N) is 1. The summed E-state index contributed by atoms with van der Waals surface area (Å²) in [5.41, 5.74) is 4.72. The highest BCUT2D eigenvalue weighted by Crippen LogP contribution is 2.34. The molecule has 2 aromatic carbocycles. The highest BCUT2D eigenvalue weighted by Gasteiger charge is 2.34. The molecule has 0 amide bonds. The molecule has 0 saturated carbocycles. The molecule has 0 bridgehead atoms. The number of hydrogen-bond acceptors (Lipinski definition) is 6. The van der Waals surface area contributed by atoms with E-state index in [0.717, 1.165) is 32.6 Å². The van der Waals surface area contributed by atoms with Crippen molar-refractivity contribution in [2.45, 2.75) is 19.9 Å². The van der Waals surface area contributed by atoms with Crippen LogP contribution in [-0.2, 0) is 9.53 Å². The summed E-state index contributed by atoms with van der Waals surface area (Å²) < 4.78 is 7.56. The van der Waals surface area contributed by atoms with Gasteiger partial charge in [-0.2, -0.15) is 0 Å². The monoisotopic (exact) mass is 525 g/mol. The first-order chi connectivity index (χ1) is 18.1. The van der Waals surface area contributed by atoms with E-state index < -0.39 is 12.0 Å². The van der Waals surface area contributed by atoms with E-state index in [9.17, 15) is 9.59 Å². The van der Waals surface area contributed by atoms with Crippen LogP contribution in [0.4, 0.5) is 0 Å². The first-order valence-corrected chi connectivity index (χ1v) is 13.7. The second-order valence-corrected chi connectivity index (χ2v) is 10.6. The van der Waals surface area contributed by atoms with Gasteiger partial charge in [0.25, 0.3) is 5.56 Å². The number of para-hydroxylation sites is 1. The number of aromatic amines is 1. The minimum absolute atomic E-state index is 0.180. The summed E-state index contributed by atoms with van der Waals surface area (Å²) in [5, 5.41) is 2.98. The van der Waals surface area contributed by atoms with E-state index in [4.69, 9.17) is 4.74 Å². The number of esters is 1. The summed E-state index contributed by atoms with van der Waals surface area (Å²) in [7, 11) is 0. The molecule has 6 nitrogen and oxygen atoms in total. The van der Waals surface area contributed by atoms with Crippen LogP contribution in [0.5, 0.6) is 0 Å². The summed E-state index contributed by atoms with van der Waals surface area (Å²) in [6, 6.07) is 21.5. The van der Waals surface area contributed by atoms with Crippen molar-refractivity contribution in [2.75, 3.05) is 6.61 Å². The average molecular weight is 526 g/mol. The van der Waals surface area contributed by atoms with Crippen LogP contribution in [0.1, 0.15) is 30.3 Å². The van der Waals surface area contributed by atoms with Crippen LogP contribution < -0.4 is 14.9 Å². The molecule has 5 aromatic rings. The van der Waals surface area contributed by atoms with Gasteiger partial charge in [0.1, 0.15) is 6.04 Å². The van der Waals surface area contributed by atoms with Gasteiger partial charge in [-0.1, -0.05) is 65.9 Å². The van der Waals surface area contributed by atoms with Crippen LogP contribution in [0.2, 0.25) is 0 Å². The van der Waals surface area contributed by atoms with Gasteiger partial charge in [-0.15, -0.1) is 11.3 Å². The fraction of sp³-hybridized carbons (Fsp3) is 0.138. The van der Waals surface area contributed by atoms with Gasteiger partial charge in [0.15, 0.2) is 4.80 Å². The van der Waals surface area contributed by atoms with Crippen LogP contribution >= 0.6 is 22.7 Å². The van der Waals surface area contributed by atoms with Gasteiger partial charge in [-0.3, -0.25) is 9.36 Å². The Kier molecular flexibility index (Phi) is 5.98. The van der Waals surface area contributed by atoms with Gasteiger partial charge in [-0.25, -0.2) is 9.79 Å². The maximum atomic E-state index is 14.0. The van der Waals surface area contributed by atoms with Crippen LogP contribution in [0.15, 0.2) is 93.2 Å². The van der Waals surface area contributed by atoms with E-state index in [-0.39, 0.29) is 12.2 Å². The number of fused-ring (bicyclic) bond motifs is 2. The highest BCUT2D eigenvalue weighted by atomic mass is 32.1. The molecule has 37 heavy (non-hydrogen) atoms. The van der Waals surface area contributed by atoms with Crippen molar-refractivity contribution in [2.24, 2.45) is 4.99 Å². The quantitative estimate of drug-likeness (QED) is 0.328. The minimum Gasteiger partial charge on any atom is -0.463 e. The number of ether oxygens (including phenoxy) is 1. The van der Waals surface area contributed by atoms with E-state index >= 15 is 0 Å². The lowest BCUT2D eigenvalue weighted by molar-refractivity contribution is -0.139. The molecule has 1 aliphatic heterocycles. The van der Waals surface area contributed by atoms with Gasteiger partial charge in [0, 0.05) is 21.3 Å². The zero-order valence-corrected chi connectivity index (χ0v) is 21.9. The highest BCUT2D eigenvalue weighted by molar-refractivity contribution is 7.10. The molecule has 0 saturated heterocycles. The number of aromatic nitrogens is 2. The fourth-order valence-corrected chi connectivity index (χ4v) is 6.64. The standard InChI is InChI=1S/C29H23N3O3S2/c1-3-35-28(34)24-17(2)30-29-32(26(24)22-14-9-15-36-22)27(33)23(37-29)16-20-19-12-7-8-13-21(19)31-25(20)18-10-5-4-6-11-18/h4-16,26,31H,3H2,1-2H3/b23-16+. The first-order valence-electron chi connectivity index (χ1n) is 12.0. The third kappa shape index (κ3) is 3.98. The van der Waals surface area contributed by atoms with Gasteiger partial charge < -0.3 is 9.72 Å². The summed E-state index contributed by atoms with van der Waals surface area (Å²) in [6.45, 7) is 3.83. The number of thiazole rings is 1. The zero-order valence-electron chi connectivity index (χ0n) is 20.2. The smallest absolute Gasteiger partial charge is 0.338 e. The van der Waals surface area contributed by atoms with Crippen LogP contribution in [-0.4, -0.2) is 22.1 Å². The van der Waals surface area contributed by atoms with Crippen molar-refractivity contribution in [3.63, 3.8) is 0 Å². The maximum absolute atomic E-state index is 14.0. The SMILES string of the molecule is CCOC(=O)C1=C(C)N=c2s/c(=C/c3c(-c4ccccc4)[nH]c4ccccc34)c(=O)n2C1c1cccs1. The Labute approximate surface area is 220 Å². The molecule has 0 fully saturated rings. The number of carbonyl (C=O) groups excluding carboxylic acids is 1. The van der Waals surface area contributed by atoms with E-state index in [1.807, 2.05) is 60.0 Å². The summed E-state index contributed by atoms with van der Waals surface area (Å²) in [6.07, 6.45) is 1.94. The molecule has 1 unspecified atom stereocenters. The van der Waals surface area contributed by atoms with Crippen molar-refractivity contribution < 1.29 is 9.53 Å². The van der Waals surface area contributed by atoms with Crippen LogP contribution in [0.3, 0.4) is 0 Å². The molecular formula is C29H23N3O3S2. The number of nitrogens with zero attached hydrogens (tertiary/aromatic N) is 2. The molecule has 6 rings (SSSR count). The number of H-pyrrole nitrogens is 1. The lowest BCUT2D eigenvalue weighted by Crippen LogP contribution is -2.39. The molecule has 184 valence electrons. The van der Waals surface area contributed by atoms with E-state index in [2.05, 4.69) is 28.2 Å². The van der Waals surface area contributed by atoms with Crippen molar-refractivity contribution in [3.8, 4) is 11.3 Å². The van der Waals surface area contributed by atoms with Crippen LogP contribution in [0, 0.1) is 0 Å². The van der Waals surface area contributed by atoms with E-state index in [1.54, 1.807) is 18.4 Å². The predicted octanol–water partition coefficient (Wildman–Crippen LogP) is 5.01. The Morgan fingerprint density at radius 3 is 2.65 bits per heavy atom. The number of hydrogen-bond donors (Lipinski definition) is 1. The van der Waals surface area contributed by atoms with Crippen molar-refractivity contribution in [1.29, 1.82) is 0 Å². The molecule has 1 aliphatic rings. The normalized spacial score (nSPS) is 15.6. The second-order valence-electron chi connectivity index (χ2n) is 8.64. The Hall–Kier alpha value is -4.01. The summed E-state index contributed by atoms with van der Waals surface area (Å²) in [5.74, 6) is -0.445. The molecular weight excluding hydrogens is 502 g/mol. The molecule has 8 heteroatoms. The van der Waals surface area contributed by atoms with Crippen molar-refractivity contribution >= 4 is 45.6 Å². The lowest BCUT2D eigenvalue weighted by Gasteiger charge is -2.23. The van der Waals surface area contributed by atoms with Gasteiger partial charge >= 0.3 is 5.97 Å². The Morgan fingerprint density at radius 2 is 1.89 bits per heavy atom. The van der Waals surface area contributed by atoms with Crippen molar-refractivity contribution in [1.82, 2.24) is 9.55 Å². The molecule has 4 heterocycles. The largest absolute Gasteiger partial charge is 0.463 e. The Morgan fingerprint density at radius 1 is 1.11 bits per heavy atom. The number of benzene rings is 2. The van der Waals surface area contributed by atoms with Gasteiger partial charge in [-0.05, 0) is 43.0 Å². The van der Waals surface area contributed by atoms with Gasteiger partial charge in [0.2, 0.25) is 0 Å². The molecule has 0 aliphatic carbocycles. The third-order valence-electron chi connectivity index (χ3n) is 6.41. The molecule has 0 spiro atoms. The first kappa shape index (κ1) is 23.4. The van der Waals surface area contributed by atoms with E-state index in [0.29, 0.717) is 20.6 Å². The molecule has 0 radical (unpaired) electrons. The summed E-state index contributed by atoms with van der Waals surface area (Å²) >= 11 is 2.84. The third-order valence-corrected chi connectivity index (χ3v) is 8.32. The Bertz CT molecular complexity index is 1840. The fourth-order valence-electron chi connectivity index (χ4n) is 4.78. The predicted molar refractivity (Wildman–Crippen MR) is 148 cm³/mol. The second kappa shape index (κ2) is 9.46. The molecule has 3 aromatic heterocycles. The summed E-state index contributed by atoms with van der Waals surface area (Å²) in [4.78, 5) is 36.6. The lowest BCUT2D eigenvalue weighted by atomic mass is 10.0. The minimum atomic E-state index is -0.575. The molecule has 1 N–H and O–H groups in total. The topological polar surface area (TPSA) is 76.4 Å². The number of allylic oxidation sites excluding steroid dienone is 1. The van der Waals surface area contributed by atoms with Gasteiger partial charge in [0.05, 0.1) is 28.1 Å². The van der Waals surface area contributed by atoms with Crippen molar-refractivity contribution in [3.05, 3.63) is 114 Å². The number of carbonyl (C=O) groups is 1. The number of rotatable bonds is 5. The molecule has 1 atom stereocenters. The number of thiophene rings is 1. The average Bonchev–Trinajstić information content (AvgIpc) is 3.63. The maximum Gasteiger partial charge on any atom is 0.338 e. The zero-order chi connectivity index (χ0) is 25.5. The van der Waals surface area contributed by atoms with E-state index in [1.165, 1.54) is 22.7 Å². The van der Waals surface area contributed by atoms with Crippen LogP contribution in [0.25, 0.3) is 28.2 Å². The Balaban J connectivity index is 1.60.